The lowest BCUT2D eigenvalue weighted by molar-refractivity contribution is -0.164. The Labute approximate surface area is 156 Å². The molecule has 1 aliphatic heterocycles. The molecule has 1 amide bonds. The van der Waals surface area contributed by atoms with Crippen LogP contribution in [0.25, 0.3) is 0 Å². The third-order valence-corrected chi connectivity index (χ3v) is 5.48. The number of para-hydroxylation sites is 1. The molecule has 3 aromatic rings. The maximum Gasteiger partial charge on any atom is 0.375 e. The summed E-state index contributed by atoms with van der Waals surface area (Å²) in [4.78, 5) is 18.8. The molecule has 130 valence electrons. The molecule has 5 heteroatoms. The number of hydroxylamine groups is 2. The molecule has 2 atom stereocenters. The Hall–Kier alpha value is -2.60. The highest BCUT2D eigenvalue weighted by Crippen LogP contribution is 2.34. The fraction of sp³-hybridized carbons (Fsp3) is 0.143. The molecule has 0 spiro atoms. The predicted octanol–water partition coefficient (Wildman–Crippen LogP) is 4.41. The second-order valence-electron chi connectivity index (χ2n) is 6.38. The number of nitrogens with zero attached hydrogens (tertiary/aromatic N) is 2. The van der Waals surface area contributed by atoms with Crippen LogP contribution >= 0.6 is 11.3 Å². The van der Waals surface area contributed by atoms with Crippen molar-refractivity contribution in [2.45, 2.75) is 19.5 Å². The first-order valence-electron chi connectivity index (χ1n) is 8.50. The van der Waals surface area contributed by atoms with E-state index < -0.39 is 10.7 Å². The van der Waals surface area contributed by atoms with Gasteiger partial charge in [-0.3, -0.25) is 4.99 Å². The second-order valence-corrected chi connectivity index (χ2v) is 7.41. The van der Waals surface area contributed by atoms with E-state index in [-0.39, 0.29) is 12.5 Å². The van der Waals surface area contributed by atoms with Gasteiger partial charge in [0.1, 0.15) is 0 Å². The van der Waals surface area contributed by atoms with Gasteiger partial charge in [0.25, 0.3) is 0 Å². The quantitative estimate of drug-likeness (QED) is 0.553. The topological polar surface area (TPSA) is 49.7 Å². The number of aliphatic imine (C=N–C) groups is 1. The maximum absolute atomic E-state index is 13.2. The van der Waals surface area contributed by atoms with Crippen LogP contribution in [0, 0.1) is 0 Å². The number of hydrogen-bond acceptors (Lipinski definition) is 4. The van der Waals surface area contributed by atoms with Crippen molar-refractivity contribution in [1.82, 2.24) is 4.65 Å². The monoisotopic (exact) mass is 363 g/mol. The Morgan fingerprint density at radius 3 is 2.50 bits per heavy atom. The van der Waals surface area contributed by atoms with Gasteiger partial charge in [-0.15, -0.1) is 11.3 Å². The van der Waals surface area contributed by atoms with Crippen LogP contribution in [0.5, 0.6) is 0 Å². The van der Waals surface area contributed by atoms with Crippen molar-refractivity contribution in [2.75, 3.05) is 0 Å². The van der Waals surface area contributed by atoms with Crippen LogP contribution in [-0.4, -0.2) is 22.9 Å². The molecule has 2 unspecified atom stereocenters. The van der Waals surface area contributed by atoms with Crippen molar-refractivity contribution in [3.8, 4) is 0 Å². The molecule has 4 nitrogen and oxygen atoms in total. The van der Waals surface area contributed by atoms with Crippen molar-refractivity contribution in [3.05, 3.63) is 88.1 Å². The number of carbonyl (C=O) groups is 1. The van der Waals surface area contributed by atoms with Crippen LogP contribution in [0.4, 0.5) is 5.69 Å². The fourth-order valence-electron chi connectivity index (χ4n) is 3.36. The fourth-order valence-corrected chi connectivity index (χ4v) is 4.11. The van der Waals surface area contributed by atoms with Crippen molar-refractivity contribution in [1.29, 1.82) is 0 Å². The summed E-state index contributed by atoms with van der Waals surface area (Å²) in [5.74, 6) is -0.322. The van der Waals surface area contributed by atoms with E-state index in [2.05, 4.69) is 4.99 Å². The number of carbonyl (C=O) groups excluding carboxylic acids is 1. The van der Waals surface area contributed by atoms with Crippen molar-refractivity contribution in [3.63, 3.8) is 0 Å². The molecular formula is C21H19N2O2S+. The van der Waals surface area contributed by atoms with Crippen LogP contribution in [0.3, 0.4) is 0 Å². The van der Waals surface area contributed by atoms with Crippen molar-refractivity contribution >= 4 is 28.6 Å². The Morgan fingerprint density at radius 1 is 1.04 bits per heavy atom. The average Bonchev–Trinajstić information content (AvgIpc) is 3.16. The third kappa shape index (κ3) is 2.80. The van der Waals surface area contributed by atoms with Gasteiger partial charge in [-0.25, -0.2) is 10.0 Å². The molecule has 2 heterocycles. The molecule has 0 saturated heterocycles. The molecule has 0 saturated carbocycles. The van der Waals surface area contributed by atoms with Crippen LogP contribution in [0.15, 0.2) is 77.1 Å². The zero-order valence-electron chi connectivity index (χ0n) is 14.4. The maximum atomic E-state index is 13.2. The molecule has 0 radical (unpaired) electrons. The summed E-state index contributed by atoms with van der Waals surface area (Å²) in [6, 6.07) is 20.5. The van der Waals surface area contributed by atoms with Crippen LogP contribution < -0.4 is 4.65 Å². The van der Waals surface area contributed by atoms with Crippen molar-refractivity contribution in [2.24, 2.45) is 4.99 Å². The highest BCUT2D eigenvalue weighted by Gasteiger charge is 2.46. The lowest BCUT2D eigenvalue weighted by atomic mass is 10.00. The van der Waals surface area contributed by atoms with E-state index in [1.165, 1.54) is 11.3 Å². The van der Waals surface area contributed by atoms with Crippen molar-refractivity contribution < 1.29 is 10.0 Å². The zero-order chi connectivity index (χ0) is 18.1. The van der Waals surface area contributed by atoms with Gasteiger partial charge in [0.05, 0.1) is 16.2 Å². The third-order valence-electron chi connectivity index (χ3n) is 4.61. The van der Waals surface area contributed by atoms with Gasteiger partial charge in [-0.2, -0.15) is 0 Å². The van der Waals surface area contributed by atoms with Gasteiger partial charge in [0.15, 0.2) is 18.3 Å². The lowest BCUT2D eigenvalue weighted by Gasteiger charge is -2.27. The summed E-state index contributed by atoms with van der Waals surface area (Å²) in [5.41, 5.74) is 3.03. The normalized spacial score (nSPS) is 22.5. The summed E-state index contributed by atoms with van der Waals surface area (Å²) in [5, 5.41) is 13.4. The minimum absolute atomic E-state index is 0.204. The minimum Gasteiger partial charge on any atom is -0.266 e. The first-order chi connectivity index (χ1) is 12.6. The van der Waals surface area contributed by atoms with E-state index in [0.717, 1.165) is 21.7 Å². The molecule has 0 bridgehead atoms. The van der Waals surface area contributed by atoms with Gasteiger partial charge in [0, 0.05) is 11.6 Å². The Morgan fingerprint density at radius 2 is 1.77 bits per heavy atom. The Balaban J connectivity index is 1.92. The van der Waals surface area contributed by atoms with Gasteiger partial charge < -0.3 is 0 Å². The van der Waals surface area contributed by atoms with Crippen LogP contribution in [-0.2, 0) is 11.3 Å². The van der Waals surface area contributed by atoms with Crippen LogP contribution in [0.1, 0.15) is 22.9 Å². The SMILES string of the molecule is CC1N=C(c2ccccc2)c2ccccc2[N+](O)(Cc2cccs2)C1=O. The molecule has 1 N–H and O–H groups in total. The van der Waals surface area contributed by atoms with E-state index in [1.807, 2.05) is 72.1 Å². The largest absolute Gasteiger partial charge is 0.375 e. The van der Waals surface area contributed by atoms with E-state index >= 15 is 0 Å². The zero-order valence-corrected chi connectivity index (χ0v) is 15.2. The molecule has 4 rings (SSSR count). The first-order valence-corrected chi connectivity index (χ1v) is 9.38. The van der Waals surface area contributed by atoms with E-state index in [9.17, 15) is 10.0 Å². The van der Waals surface area contributed by atoms with Gasteiger partial charge in [-0.05, 0) is 24.4 Å². The molecule has 2 aromatic carbocycles. The number of amides is 1. The highest BCUT2D eigenvalue weighted by molar-refractivity contribution is 7.09. The summed E-state index contributed by atoms with van der Waals surface area (Å²) < 4.78 is -0.766. The highest BCUT2D eigenvalue weighted by atomic mass is 32.1. The smallest absolute Gasteiger partial charge is 0.266 e. The number of thiophene rings is 1. The number of fused-ring (bicyclic) bond motifs is 1. The second kappa shape index (κ2) is 6.61. The van der Waals surface area contributed by atoms with Gasteiger partial charge >= 0.3 is 5.91 Å². The number of benzodiazepines with no additional fused rings is 1. The molecule has 0 aliphatic carbocycles. The standard InChI is InChI=1S/C21H19N2O2S/c1-15-21(24)23(25,14-17-10-7-13-26-17)19-12-6-5-11-18(19)20(22-15)16-8-3-2-4-9-16/h2-13,15,25H,14H2,1H3/q+1. The molecule has 26 heavy (non-hydrogen) atoms. The summed E-state index contributed by atoms with van der Waals surface area (Å²) >= 11 is 1.53. The summed E-state index contributed by atoms with van der Waals surface area (Å²) in [6.45, 7) is 1.95. The van der Waals surface area contributed by atoms with E-state index in [0.29, 0.717) is 5.69 Å². The summed E-state index contributed by atoms with van der Waals surface area (Å²) in [7, 11) is 0. The number of rotatable bonds is 3. The van der Waals surface area contributed by atoms with Gasteiger partial charge in [-0.1, -0.05) is 53.2 Å². The number of benzene rings is 2. The van der Waals surface area contributed by atoms with E-state index in [1.54, 1.807) is 6.92 Å². The van der Waals surface area contributed by atoms with E-state index in [4.69, 9.17) is 0 Å². The molecule has 1 aliphatic rings. The number of hydrogen-bond donors (Lipinski definition) is 1. The van der Waals surface area contributed by atoms with Gasteiger partial charge in [0.2, 0.25) is 0 Å². The minimum atomic E-state index is -0.766. The molecule has 1 aromatic heterocycles. The Kier molecular flexibility index (Phi) is 4.28. The Bertz CT molecular complexity index is 967. The van der Waals surface area contributed by atoms with Crippen LogP contribution in [0.2, 0.25) is 0 Å². The first kappa shape index (κ1) is 16.8. The lowest BCUT2D eigenvalue weighted by Crippen LogP contribution is -2.53. The predicted molar refractivity (Wildman–Crippen MR) is 105 cm³/mol. The molecule has 0 fully saturated rings. The number of quaternary nitrogens is 1. The molecular weight excluding hydrogens is 344 g/mol. The summed E-state index contributed by atoms with van der Waals surface area (Å²) in [6.07, 6.45) is 0. The average molecular weight is 363 g/mol.